The minimum Gasteiger partial charge on any atom is -0.431 e. The third-order valence-electron chi connectivity index (χ3n) is 5.06. The van der Waals surface area contributed by atoms with E-state index in [2.05, 4.69) is 20.8 Å². The first-order chi connectivity index (χ1) is 7.38. The first kappa shape index (κ1) is 10.4. The maximum Gasteiger partial charge on any atom is 0.307 e. The van der Waals surface area contributed by atoms with Gasteiger partial charge in [-0.2, -0.15) is 0 Å². The van der Waals surface area contributed by atoms with Crippen LogP contribution >= 0.6 is 0 Å². The van der Waals surface area contributed by atoms with Crippen LogP contribution in [0.25, 0.3) is 0 Å². The van der Waals surface area contributed by atoms with Gasteiger partial charge in [-0.15, -0.1) is 0 Å². The van der Waals surface area contributed by atoms with Crippen molar-refractivity contribution in [3.05, 3.63) is 11.3 Å². The van der Waals surface area contributed by atoms with Crippen LogP contribution in [0.5, 0.6) is 0 Å². The fraction of sp³-hybridized carbons (Fsp3) is 0.786. The maximum atomic E-state index is 11.2. The molecule has 0 aromatic rings. The van der Waals surface area contributed by atoms with Gasteiger partial charge in [0.05, 0.1) is 0 Å². The van der Waals surface area contributed by atoms with Gasteiger partial charge >= 0.3 is 5.97 Å². The number of allylic oxidation sites excluding steroid dienone is 2. The van der Waals surface area contributed by atoms with Gasteiger partial charge in [-0.05, 0) is 49.0 Å². The SMILES string of the molecule is CC(=O)OC1=C(C)C[C@H]2CC(C)(C)[C@@H]3C[C@]123. The number of hydrogen-bond donors (Lipinski definition) is 0. The summed E-state index contributed by atoms with van der Waals surface area (Å²) >= 11 is 0. The Morgan fingerprint density at radius 2 is 2.06 bits per heavy atom. The van der Waals surface area contributed by atoms with Crippen molar-refractivity contribution in [2.75, 3.05) is 0 Å². The quantitative estimate of drug-likeness (QED) is 0.634. The number of ether oxygens (including phenoxy) is 1. The normalized spacial score (nSPS) is 43.0. The summed E-state index contributed by atoms with van der Waals surface area (Å²) in [6.07, 6.45) is 3.67. The van der Waals surface area contributed by atoms with E-state index >= 15 is 0 Å². The molecule has 0 heterocycles. The van der Waals surface area contributed by atoms with Crippen molar-refractivity contribution in [2.45, 2.75) is 47.0 Å². The monoisotopic (exact) mass is 220 g/mol. The number of carbonyl (C=O) groups excluding carboxylic acids is 1. The molecule has 1 spiro atoms. The molecule has 3 aliphatic rings. The minimum absolute atomic E-state index is 0.153. The first-order valence-electron chi connectivity index (χ1n) is 6.26. The summed E-state index contributed by atoms with van der Waals surface area (Å²) < 4.78 is 5.52. The number of carbonyl (C=O) groups is 1. The zero-order valence-electron chi connectivity index (χ0n) is 10.6. The largest absolute Gasteiger partial charge is 0.431 e. The molecule has 3 rings (SSSR count). The topological polar surface area (TPSA) is 26.3 Å². The fourth-order valence-corrected chi connectivity index (χ4v) is 4.54. The van der Waals surface area contributed by atoms with Crippen LogP contribution in [0.3, 0.4) is 0 Å². The van der Waals surface area contributed by atoms with Crippen molar-refractivity contribution in [2.24, 2.45) is 22.7 Å². The van der Waals surface area contributed by atoms with E-state index in [0.717, 1.165) is 24.0 Å². The summed E-state index contributed by atoms with van der Waals surface area (Å²) in [5.41, 5.74) is 2.02. The van der Waals surface area contributed by atoms with Crippen molar-refractivity contribution in [1.82, 2.24) is 0 Å². The summed E-state index contributed by atoms with van der Waals surface area (Å²) in [6.45, 7) is 8.38. The van der Waals surface area contributed by atoms with Crippen LogP contribution in [0, 0.1) is 22.7 Å². The number of hydrogen-bond acceptors (Lipinski definition) is 2. The van der Waals surface area contributed by atoms with E-state index in [1.165, 1.54) is 25.3 Å². The third-order valence-corrected chi connectivity index (χ3v) is 5.06. The molecule has 2 fully saturated rings. The highest BCUT2D eigenvalue weighted by atomic mass is 16.5. The molecule has 88 valence electrons. The van der Waals surface area contributed by atoms with Gasteiger partial charge in [0.25, 0.3) is 0 Å². The Morgan fingerprint density at radius 3 is 2.62 bits per heavy atom. The van der Waals surface area contributed by atoms with Crippen LogP contribution in [0.4, 0.5) is 0 Å². The number of esters is 1. The highest BCUT2D eigenvalue weighted by Crippen LogP contribution is 2.80. The number of rotatable bonds is 1. The van der Waals surface area contributed by atoms with Gasteiger partial charge in [0.15, 0.2) is 0 Å². The van der Waals surface area contributed by atoms with Gasteiger partial charge in [-0.1, -0.05) is 13.8 Å². The average molecular weight is 220 g/mol. The summed E-state index contributed by atoms with van der Waals surface area (Å²) in [4.78, 5) is 11.2. The molecule has 0 bridgehead atoms. The van der Waals surface area contributed by atoms with E-state index in [0.29, 0.717) is 5.41 Å². The standard InChI is InChI=1S/C14H20O2/c1-8-5-10-6-13(3,4)11-7-14(10,11)12(8)16-9(2)15/h10-11H,5-7H2,1-4H3/t10-,11-,14-/m0/s1. The summed E-state index contributed by atoms with van der Waals surface area (Å²) in [5, 5.41) is 0. The van der Waals surface area contributed by atoms with Crippen molar-refractivity contribution >= 4 is 5.97 Å². The molecular weight excluding hydrogens is 200 g/mol. The molecule has 0 N–H and O–H groups in total. The van der Waals surface area contributed by atoms with Crippen LogP contribution in [-0.4, -0.2) is 5.97 Å². The lowest BCUT2D eigenvalue weighted by Gasteiger charge is -2.21. The lowest BCUT2D eigenvalue weighted by molar-refractivity contribution is -0.138. The van der Waals surface area contributed by atoms with Crippen LogP contribution in [0.2, 0.25) is 0 Å². The molecule has 2 nitrogen and oxygen atoms in total. The van der Waals surface area contributed by atoms with Crippen molar-refractivity contribution < 1.29 is 9.53 Å². The minimum atomic E-state index is -0.153. The van der Waals surface area contributed by atoms with Gasteiger partial charge in [-0.25, -0.2) is 0 Å². The predicted octanol–water partition coefficient (Wildman–Crippen LogP) is 3.28. The Morgan fingerprint density at radius 1 is 1.38 bits per heavy atom. The second-order valence-electron chi connectivity index (χ2n) is 6.59. The van der Waals surface area contributed by atoms with Gasteiger partial charge in [0.1, 0.15) is 5.76 Å². The van der Waals surface area contributed by atoms with Crippen LogP contribution < -0.4 is 0 Å². The molecule has 2 heteroatoms. The van der Waals surface area contributed by atoms with E-state index in [-0.39, 0.29) is 11.4 Å². The molecule has 0 aromatic heterocycles. The molecule has 0 aromatic carbocycles. The Kier molecular flexibility index (Phi) is 1.76. The molecule has 3 aliphatic carbocycles. The molecule has 16 heavy (non-hydrogen) atoms. The summed E-state index contributed by atoms with van der Waals surface area (Å²) in [5.74, 6) is 2.37. The third kappa shape index (κ3) is 1.05. The Hall–Kier alpha value is -0.790. The lowest BCUT2D eigenvalue weighted by Crippen LogP contribution is -2.13. The Labute approximate surface area is 97.1 Å². The summed E-state index contributed by atoms with van der Waals surface area (Å²) in [6, 6.07) is 0. The Balaban J connectivity index is 1.96. The summed E-state index contributed by atoms with van der Waals surface area (Å²) in [7, 11) is 0. The highest BCUT2D eigenvalue weighted by molar-refractivity contribution is 5.68. The first-order valence-corrected chi connectivity index (χ1v) is 6.26. The van der Waals surface area contributed by atoms with Gasteiger partial charge in [-0.3, -0.25) is 4.79 Å². The Bertz CT molecular complexity index is 405. The average Bonchev–Trinajstić information content (AvgIpc) is 2.78. The fourth-order valence-electron chi connectivity index (χ4n) is 4.54. The van der Waals surface area contributed by atoms with Crippen molar-refractivity contribution in [1.29, 1.82) is 0 Å². The van der Waals surface area contributed by atoms with E-state index in [1.807, 2.05) is 0 Å². The van der Waals surface area contributed by atoms with Crippen molar-refractivity contribution in [3.63, 3.8) is 0 Å². The zero-order valence-corrected chi connectivity index (χ0v) is 10.6. The smallest absolute Gasteiger partial charge is 0.307 e. The molecule has 3 atom stereocenters. The van der Waals surface area contributed by atoms with Crippen LogP contribution in [-0.2, 0) is 9.53 Å². The second kappa shape index (κ2) is 2.72. The van der Waals surface area contributed by atoms with Gasteiger partial charge in [0.2, 0.25) is 0 Å². The molecule has 0 radical (unpaired) electrons. The van der Waals surface area contributed by atoms with E-state index in [9.17, 15) is 4.79 Å². The van der Waals surface area contributed by atoms with Gasteiger partial charge < -0.3 is 4.74 Å². The maximum absolute atomic E-state index is 11.2. The molecule has 0 unspecified atom stereocenters. The molecule has 0 saturated heterocycles. The highest BCUT2D eigenvalue weighted by Gasteiger charge is 2.74. The molecule has 0 aliphatic heterocycles. The molecule has 2 saturated carbocycles. The van der Waals surface area contributed by atoms with E-state index in [1.54, 1.807) is 0 Å². The molecular formula is C14H20O2. The molecule has 0 amide bonds. The van der Waals surface area contributed by atoms with Crippen LogP contribution in [0.1, 0.15) is 47.0 Å². The van der Waals surface area contributed by atoms with E-state index in [4.69, 9.17) is 4.74 Å². The van der Waals surface area contributed by atoms with Crippen LogP contribution in [0.15, 0.2) is 11.3 Å². The van der Waals surface area contributed by atoms with E-state index < -0.39 is 0 Å². The lowest BCUT2D eigenvalue weighted by atomic mass is 9.84. The predicted molar refractivity (Wildman–Crippen MR) is 61.5 cm³/mol. The van der Waals surface area contributed by atoms with Gasteiger partial charge in [0, 0.05) is 12.3 Å². The zero-order chi connectivity index (χ0) is 11.7. The second-order valence-corrected chi connectivity index (χ2v) is 6.59. The van der Waals surface area contributed by atoms with Crippen molar-refractivity contribution in [3.8, 4) is 0 Å².